The van der Waals surface area contributed by atoms with Gasteiger partial charge in [0.15, 0.2) is 11.6 Å². The van der Waals surface area contributed by atoms with Crippen LogP contribution in [0, 0.1) is 11.6 Å². The first-order chi connectivity index (χ1) is 9.92. The lowest BCUT2D eigenvalue weighted by Crippen LogP contribution is -2.44. The number of nitrogens with one attached hydrogen (secondary N) is 1. The third kappa shape index (κ3) is 4.87. The highest BCUT2D eigenvalue weighted by Crippen LogP contribution is 2.17. The van der Waals surface area contributed by atoms with Gasteiger partial charge in [0.2, 0.25) is 10.0 Å². The molecule has 0 atom stereocenters. The van der Waals surface area contributed by atoms with E-state index in [9.17, 15) is 17.2 Å². The highest BCUT2D eigenvalue weighted by Gasteiger charge is 2.24. The molecule has 126 valence electrons. The Morgan fingerprint density at radius 2 is 1.86 bits per heavy atom. The molecule has 2 rings (SSSR count). The van der Waals surface area contributed by atoms with E-state index in [1.165, 1.54) is 0 Å². The smallest absolute Gasteiger partial charge is 0.240 e. The molecule has 0 amide bonds. The van der Waals surface area contributed by atoms with Crippen LogP contribution in [0.15, 0.2) is 23.1 Å². The first kappa shape index (κ1) is 19.3. The van der Waals surface area contributed by atoms with Crippen molar-refractivity contribution in [3.63, 3.8) is 0 Å². The molecular formula is C14H21ClF2N2O2S. The van der Waals surface area contributed by atoms with Crippen LogP contribution in [0.4, 0.5) is 8.78 Å². The van der Waals surface area contributed by atoms with Gasteiger partial charge in [-0.3, -0.25) is 0 Å². The van der Waals surface area contributed by atoms with Crippen molar-refractivity contribution < 1.29 is 17.2 Å². The van der Waals surface area contributed by atoms with Gasteiger partial charge in [-0.05, 0) is 57.1 Å². The van der Waals surface area contributed by atoms with Gasteiger partial charge in [-0.15, -0.1) is 12.4 Å². The Labute approximate surface area is 136 Å². The lowest BCUT2D eigenvalue weighted by molar-refractivity contribution is 0.208. The Hall–Kier alpha value is -0.760. The van der Waals surface area contributed by atoms with Gasteiger partial charge in [0.1, 0.15) is 0 Å². The number of benzene rings is 1. The van der Waals surface area contributed by atoms with E-state index in [2.05, 4.69) is 16.5 Å². The summed E-state index contributed by atoms with van der Waals surface area (Å²) >= 11 is 0. The van der Waals surface area contributed by atoms with Crippen LogP contribution in [-0.4, -0.2) is 39.0 Å². The third-order valence-corrected chi connectivity index (χ3v) is 5.17. The summed E-state index contributed by atoms with van der Waals surface area (Å²) in [5, 5.41) is 0. The summed E-state index contributed by atoms with van der Waals surface area (Å²) < 4.78 is 52.9. The molecule has 0 bridgehead atoms. The van der Waals surface area contributed by atoms with Crippen LogP contribution < -0.4 is 4.72 Å². The number of hydrogen-bond acceptors (Lipinski definition) is 3. The van der Waals surface area contributed by atoms with E-state index in [-0.39, 0.29) is 23.3 Å². The Bertz CT molecular complexity index is 591. The molecular weight excluding hydrogens is 334 g/mol. The fraction of sp³-hybridized carbons (Fsp3) is 0.571. The van der Waals surface area contributed by atoms with Gasteiger partial charge in [0.05, 0.1) is 4.90 Å². The van der Waals surface area contributed by atoms with E-state index >= 15 is 0 Å². The first-order valence-corrected chi connectivity index (χ1v) is 8.60. The molecule has 1 fully saturated rings. The van der Waals surface area contributed by atoms with E-state index < -0.39 is 21.7 Å². The van der Waals surface area contributed by atoms with Crippen LogP contribution in [0.2, 0.25) is 0 Å². The summed E-state index contributed by atoms with van der Waals surface area (Å²) in [6.45, 7) is 4.82. The quantitative estimate of drug-likeness (QED) is 0.884. The van der Waals surface area contributed by atoms with E-state index in [1.807, 2.05) is 0 Å². The van der Waals surface area contributed by atoms with Crippen molar-refractivity contribution in [3.8, 4) is 0 Å². The number of likely N-dealkylation sites (tertiary alicyclic amines) is 1. The predicted molar refractivity (Wildman–Crippen MR) is 83.7 cm³/mol. The van der Waals surface area contributed by atoms with Crippen LogP contribution in [0.25, 0.3) is 0 Å². The van der Waals surface area contributed by atoms with Crippen molar-refractivity contribution in [3.05, 3.63) is 29.8 Å². The minimum absolute atomic E-state index is 0. The van der Waals surface area contributed by atoms with Crippen LogP contribution in [0.5, 0.6) is 0 Å². The summed E-state index contributed by atoms with van der Waals surface area (Å²) in [6.07, 6.45) is 2.52. The van der Waals surface area contributed by atoms with Gasteiger partial charge in [0, 0.05) is 6.04 Å². The Morgan fingerprint density at radius 1 is 1.23 bits per heavy atom. The molecule has 0 spiro atoms. The summed E-state index contributed by atoms with van der Waals surface area (Å²) in [5.41, 5.74) is 0. The number of halogens is 3. The second-order valence-electron chi connectivity index (χ2n) is 5.31. The van der Waals surface area contributed by atoms with E-state index in [0.29, 0.717) is 6.07 Å². The molecule has 1 N–H and O–H groups in total. The maximum absolute atomic E-state index is 13.2. The molecule has 8 heteroatoms. The molecule has 22 heavy (non-hydrogen) atoms. The van der Waals surface area contributed by atoms with Crippen molar-refractivity contribution in [2.24, 2.45) is 0 Å². The van der Waals surface area contributed by atoms with Gasteiger partial charge in [-0.25, -0.2) is 21.9 Å². The van der Waals surface area contributed by atoms with Gasteiger partial charge < -0.3 is 4.90 Å². The maximum Gasteiger partial charge on any atom is 0.240 e. The highest BCUT2D eigenvalue weighted by molar-refractivity contribution is 7.89. The Kier molecular flexibility index (Phi) is 7.18. The molecule has 0 radical (unpaired) electrons. The molecule has 0 aromatic heterocycles. The van der Waals surface area contributed by atoms with Gasteiger partial charge >= 0.3 is 0 Å². The average molecular weight is 355 g/mol. The van der Waals surface area contributed by atoms with E-state index in [1.54, 1.807) is 0 Å². The summed E-state index contributed by atoms with van der Waals surface area (Å²) in [5.74, 6) is -2.21. The molecule has 1 saturated heterocycles. The molecule has 1 aromatic rings. The van der Waals surface area contributed by atoms with Gasteiger partial charge in [-0.2, -0.15) is 0 Å². The fourth-order valence-electron chi connectivity index (χ4n) is 2.52. The van der Waals surface area contributed by atoms with Crippen molar-refractivity contribution >= 4 is 22.4 Å². The number of nitrogens with zero attached hydrogens (tertiary/aromatic N) is 1. The number of piperidine rings is 1. The second kappa shape index (κ2) is 8.19. The van der Waals surface area contributed by atoms with Crippen LogP contribution in [0.1, 0.15) is 26.2 Å². The first-order valence-electron chi connectivity index (χ1n) is 7.12. The normalized spacial score (nSPS) is 17.2. The number of sulfonamides is 1. The lowest BCUT2D eigenvalue weighted by atomic mass is 10.1. The summed E-state index contributed by atoms with van der Waals surface area (Å²) in [7, 11) is -3.80. The minimum Gasteiger partial charge on any atom is -0.303 e. The molecule has 0 saturated carbocycles. The molecule has 4 nitrogen and oxygen atoms in total. The number of rotatable bonds is 5. The van der Waals surface area contributed by atoms with Crippen LogP contribution >= 0.6 is 12.4 Å². The summed E-state index contributed by atoms with van der Waals surface area (Å²) in [6, 6.07) is 2.46. The van der Waals surface area contributed by atoms with E-state index in [4.69, 9.17) is 0 Å². The van der Waals surface area contributed by atoms with Crippen molar-refractivity contribution in [2.75, 3.05) is 19.6 Å². The standard InChI is InChI=1S/C14H20F2N2O2S.ClH/c1-2-7-18-8-5-11(6-9-18)17-21(19,20)12-3-4-13(15)14(16)10-12;/h3-4,10-11,17H,2,5-9H2,1H3;1H. The molecule has 1 heterocycles. The SMILES string of the molecule is CCCN1CCC(NS(=O)(=O)c2ccc(F)c(F)c2)CC1.Cl. The van der Waals surface area contributed by atoms with Crippen LogP contribution in [-0.2, 0) is 10.0 Å². The predicted octanol–water partition coefficient (Wildman–Crippen LogP) is 2.54. The number of hydrogen-bond donors (Lipinski definition) is 1. The minimum atomic E-state index is -3.80. The lowest BCUT2D eigenvalue weighted by Gasteiger charge is -2.31. The summed E-state index contributed by atoms with van der Waals surface area (Å²) in [4.78, 5) is 2.06. The Balaban J connectivity index is 0.00000242. The zero-order chi connectivity index (χ0) is 15.5. The zero-order valence-corrected chi connectivity index (χ0v) is 14.0. The van der Waals surface area contributed by atoms with Gasteiger partial charge in [-0.1, -0.05) is 6.92 Å². The van der Waals surface area contributed by atoms with Gasteiger partial charge in [0.25, 0.3) is 0 Å². The monoisotopic (exact) mass is 354 g/mol. The molecule has 1 aliphatic heterocycles. The van der Waals surface area contributed by atoms with E-state index in [0.717, 1.165) is 51.0 Å². The fourth-order valence-corrected chi connectivity index (χ4v) is 3.84. The van der Waals surface area contributed by atoms with Crippen LogP contribution in [0.3, 0.4) is 0 Å². The highest BCUT2D eigenvalue weighted by atomic mass is 35.5. The third-order valence-electron chi connectivity index (χ3n) is 3.65. The molecule has 1 aromatic carbocycles. The molecule has 1 aliphatic rings. The van der Waals surface area contributed by atoms with Crippen molar-refractivity contribution in [2.45, 2.75) is 37.1 Å². The van der Waals surface area contributed by atoms with Crippen molar-refractivity contribution in [1.29, 1.82) is 0 Å². The molecule has 0 aliphatic carbocycles. The molecule has 0 unspecified atom stereocenters. The van der Waals surface area contributed by atoms with Crippen molar-refractivity contribution in [1.82, 2.24) is 9.62 Å². The average Bonchev–Trinajstić information content (AvgIpc) is 2.44. The Morgan fingerprint density at radius 3 is 2.41 bits per heavy atom. The largest absolute Gasteiger partial charge is 0.303 e. The second-order valence-corrected chi connectivity index (χ2v) is 7.03. The zero-order valence-electron chi connectivity index (χ0n) is 12.4. The maximum atomic E-state index is 13.2. The topological polar surface area (TPSA) is 49.4 Å².